The average molecular weight is 411 g/mol. The van der Waals surface area contributed by atoms with E-state index in [4.69, 9.17) is 10.7 Å². The number of likely N-dealkylation sites (tertiary alicyclic amines) is 1. The number of nitrogens with zero attached hydrogens (tertiary/aromatic N) is 2. The van der Waals surface area contributed by atoms with Gasteiger partial charge in [-0.05, 0) is 80.6 Å². The first-order chi connectivity index (χ1) is 15.2. The van der Waals surface area contributed by atoms with Gasteiger partial charge in [0.15, 0.2) is 0 Å². The van der Waals surface area contributed by atoms with Gasteiger partial charge in [-0.25, -0.2) is 0 Å². The molecule has 158 valence electrons. The largest absolute Gasteiger partial charge is 0.403 e. The normalized spacial score (nSPS) is 18.3. The Morgan fingerprint density at radius 1 is 1.06 bits per heavy atom. The first kappa shape index (κ1) is 19.8. The Balaban J connectivity index is 1.23. The number of pyridine rings is 1. The number of nitrogens with two attached hydrogens (primary N) is 1. The number of hydrogen-bond donors (Lipinski definition) is 2. The molecule has 4 heteroatoms. The molecule has 0 unspecified atom stereocenters. The molecule has 31 heavy (non-hydrogen) atoms. The number of aryl methyl sites for hydroxylation is 1. The number of benzene rings is 2. The second kappa shape index (κ2) is 8.56. The summed E-state index contributed by atoms with van der Waals surface area (Å²) in [5.74, 6) is 0.627. The van der Waals surface area contributed by atoms with E-state index in [-0.39, 0.29) is 0 Å². The summed E-state index contributed by atoms with van der Waals surface area (Å²) in [6.07, 6.45) is 9.35. The summed E-state index contributed by atoms with van der Waals surface area (Å²) >= 11 is 0. The second-order valence-corrected chi connectivity index (χ2v) is 8.69. The van der Waals surface area contributed by atoms with E-state index < -0.39 is 0 Å². The van der Waals surface area contributed by atoms with E-state index in [1.54, 1.807) is 6.20 Å². The average Bonchev–Trinajstić information content (AvgIpc) is 2.82. The molecule has 0 aliphatic carbocycles. The van der Waals surface area contributed by atoms with Crippen molar-refractivity contribution in [3.8, 4) is 0 Å². The molecule has 2 aliphatic heterocycles. The molecule has 1 fully saturated rings. The number of hydrogen-bond acceptors (Lipinski definition) is 4. The lowest BCUT2D eigenvalue weighted by Gasteiger charge is -2.33. The molecule has 0 bridgehead atoms. The fourth-order valence-electron chi connectivity index (χ4n) is 4.99. The van der Waals surface area contributed by atoms with Crippen LogP contribution < -0.4 is 11.1 Å². The van der Waals surface area contributed by atoms with Crippen LogP contribution >= 0.6 is 0 Å². The molecule has 0 amide bonds. The molecule has 2 aliphatic rings. The van der Waals surface area contributed by atoms with E-state index in [2.05, 4.69) is 77.8 Å². The molecule has 0 radical (unpaired) electrons. The van der Waals surface area contributed by atoms with Crippen LogP contribution in [0.4, 0.5) is 5.69 Å². The molecule has 1 aromatic heterocycles. The van der Waals surface area contributed by atoms with E-state index in [1.807, 2.05) is 0 Å². The maximum Gasteiger partial charge on any atom is 0.0708 e. The Bertz CT molecular complexity index is 1150. The molecule has 2 aromatic carbocycles. The molecule has 3 N–H and O–H groups in total. The summed E-state index contributed by atoms with van der Waals surface area (Å²) < 4.78 is 0. The van der Waals surface area contributed by atoms with Crippen molar-refractivity contribution in [2.45, 2.75) is 32.1 Å². The highest BCUT2D eigenvalue weighted by Crippen LogP contribution is 2.33. The van der Waals surface area contributed by atoms with Gasteiger partial charge >= 0.3 is 0 Å². The summed E-state index contributed by atoms with van der Waals surface area (Å²) in [6, 6.07) is 17.5. The van der Waals surface area contributed by atoms with Crippen LogP contribution in [0.25, 0.3) is 17.0 Å². The van der Waals surface area contributed by atoms with Gasteiger partial charge in [0.1, 0.15) is 0 Å². The molecular formula is C27H30N4. The fourth-order valence-corrected chi connectivity index (χ4v) is 4.99. The fraction of sp³-hybridized carbons (Fsp3) is 0.296. The van der Waals surface area contributed by atoms with Crippen LogP contribution in [0.5, 0.6) is 0 Å². The van der Waals surface area contributed by atoms with Gasteiger partial charge in [-0.1, -0.05) is 36.4 Å². The topological polar surface area (TPSA) is 54.2 Å². The van der Waals surface area contributed by atoms with Gasteiger partial charge < -0.3 is 16.0 Å². The van der Waals surface area contributed by atoms with Gasteiger partial charge in [0.25, 0.3) is 0 Å². The molecular weight excluding hydrogens is 380 g/mol. The predicted molar refractivity (Wildman–Crippen MR) is 130 cm³/mol. The van der Waals surface area contributed by atoms with Crippen molar-refractivity contribution in [3.05, 3.63) is 88.9 Å². The van der Waals surface area contributed by atoms with Crippen molar-refractivity contribution in [3.63, 3.8) is 0 Å². The number of rotatable bonds is 4. The van der Waals surface area contributed by atoms with E-state index in [9.17, 15) is 0 Å². The molecule has 4 nitrogen and oxygen atoms in total. The van der Waals surface area contributed by atoms with Crippen LogP contribution in [0.3, 0.4) is 0 Å². The lowest BCUT2D eigenvalue weighted by molar-refractivity contribution is 0.215. The monoisotopic (exact) mass is 410 g/mol. The SMILES string of the molecule is Cc1ccc2c(C3CCN(CCc4cccc5c4C=C/C(=C/N)N5)CC3)cccc2n1. The number of fused-ring (bicyclic) bond motifs is 2. The van der Waals surface area contributed by atoms with Crippen LogP contribution in [0.1, 0.15) is 41.1 Å². The van der Waals surface area contributed by atoms with E-state index in [0.29, 0.717) is 5.92 Å². The minimum Gasteiger partial charge on any atom is -0.403 e. The number of piperidine rings is 1. The third-order valence-corrected chi connectivity index (χ3v) is 6.71. The summed E-state index contributed by atoms with van der Waals surface area (Å²) in [4.78, 5) is 7.34. The number of anilines is 1. The Labute approximate surface area is 184 Å². The Hall–Kier alpha value is -3.11. The van der Waals surface area contributed by atoms with Crippen LogP contribution in [0.15, 0.2) is 66.5 Å². The Morgan fingerprint density at radius 3 is 2.74 bits per heavy atom. The summed E-state index contributed by atoms with van der Waals surface area (Å²) in [7, 11) is 0. The lowest BCUT2D eigenvalue weighted by atomic mass is 9.87. The van der Waals surface area contributed by atoms with Gasteiger partial charge in [-0.3, -0.25) is 4.98 Å². The zero-order valence-corrected chi connectivity index (χ0v) is 18.1. The van der Waals surface area contributed by atoms with Gasteiger partial charge in [-0.15, -0.1) is 0 Å². The number of allylic oxidation sites excluding steroid dienone is 1. The summed E-state index contributed by atoms with van der Waals surface area (Å²) in [5.41, 5.74) is 14.1. The number of nitrogens with one attached hydrogen (secondary N) is 1. The Morgan fingerprint density at radius 2 is 1.90 bits per heavy atom. The molecule has 3 aromatic rings. The quantitative estimate of drug-likeness (QED) is 0.620. The molecule has 0 saturated carbocycles. The van der Waals surface area contributed by atoms with Gasteiger partial charge in [0.2, 0.25) is 0 Å². The molecule has 1 saturated heterocycles. The molecule has 0 atom stereocenters. The zero-order chi connectivity index (χ0) is 21.2. The lowest BCUT2D eigenvalue weighted by Crippen LogP contribution is -2.34. The highest BCUT2D eigenvalue weighted by atomic mass is 15.1. The van der Waals surface area contributed by atoms with Gasteiger partial charge in [0.05, 0.1) is 11.2 Å². The Kier molecular flexibility index (Phi) is 5.47. The smallest absolute Gasteiger partial charge is 0.0708 e. The van der Waals surface area contributed by atoms with Gasteiger partial charge in [0, 0.05) is 35.1 Å². The number of aromatic nitrogens is 1. The van der Waals surface area contributed by atoms with Crippen LogP contribution in [0, 0.1) is 6.92 Å². The van der Waals surface area contributed by atoms with Crippen LogP contribution in [-0.4, -0.2) is 29.5 Å². The second-order valence-electron chi connectivity index (χ2n) is 8.69. The highest BCUT2D eigenvalue weighted by Gasteiger charge is 2.22. The first-order valence-corrected chi connectivity index (χ1v) is 11.3. The van der Waals surface area contributed by atoms with Crippen molar-refractivity contribution >= 4 is 22.7 Å². The van der Waals surface area contributed by atoms with Crippen molar-refractivity contribution in [2.75, 3.05) is 25.0 Å². The zero-order valence-electron chi connectivity index (χ0n) is 18.1. The van der Waals surface area contributed by atoms with Crippen LogP contribution in [-0.2, 0) is 6.42 Å². The van der Waals surface area contributed by atoms with Crippen molar-refractivity contribution < 1.29 is 0 Å². The van der Waals surface area contributed by atoms with Crippen molar-refractivity contribution in [1.29, 1.82) is 0 Å². The molecule has 3 heterocycles. The third-order valence-electron chi connectivity index (χ3n) is 6.71. The van der Waals surface area contributed by atoms with Gasteiger partial charge in [-0.2, -0.15) is 0 Å². The van der Waals surface area contributed by atoms with Crippen LogP contribution in [0.2, 0.25) is 0 Å². The highest BCUT2D eigenvalue weighted by molar-refractivity contribution is 5.83. The summed E-state index contributed by atoms with van der Waals surface area (Å²) in [6.45, 7) is 5.48. The van der Waals surface area contributed by atoms with Crippen molar-refractivity contribution in [2.24, 2.45) is 5.73 Å². The molecule has 5 rings (SSSR count). The predicted octanol–water partition coefficient (Wildman–Crippen LogP) is 5.20. The first-order valence-electron chi connectivity index (χ1n) is 11.3. The van der Waals surface area contributed by atoms with E-state index >= 15 is 0 Å². The minimum atomic E-state index is 0.627. The summed E-state index contributed by atoms with van der Waals surface area (Å²) in [5, 5.41) is 4.72. The standard InChI is InChI=1S/C27H30N4/c1-19-8-10-25-23(5-3-7-27(25)29-19)21-13-16-31(17-14-21)15-12-20-4-2-6-26-24(20)11-9-22(18-28)30-26/h2-11,18,21,30H,12-17,28H2,1H3/b22-18-. The molecule has 0 spiro atoms. The van der Waals surface area contributed by atoms with E-state index in [0.717, 1.165) is 48.7 Å². The maximum atomic E-state index is 5.66. The van der Waals surface area contributed by atoms with E-state index in [1.165, 1.54) is 34.9 Å². The van der Waals surface area contributed by atoms with Crippen molar-refractivity contribution in [1.82, 2.24) is 9.88 Å². The minimum absolute atomic E-state index is 0.627. The third kappa shape index (κ3) is 4.08. The maximum absolute atomic E-state index is 5.66.